The van der Waals surface area contributed by atoms with Gasteiger partial charge in [-0.15, -0.1) is 6.58 Å². The minimum atomic E-state index is -0.321. The predicted octanol–water partition coefficient (Wildman–Crippen LogP) is 5.45. The first-order chi connectivity index (χ1) is 15.8. The molecule has 2 aromatic carbocycles. The highest BCUT2D eigenvalue weighted by Crippen LogP contribution is 2.35. The zero-order valence-corrected chi connectivity index (χ0v) is 20.6. The predicted molar refractivity (Wildman–Crippen MR) is 138 cm³/mol. The number of carbonyl (C=O) groups excluding carboxylic acids is 2. The average molecular weight is 503 g/mol. The number of ether oxygens (including phenoxy) is 2. The van der Waals surface area contributed by atoms with Crippen LogP contribution >= 0.6 is 35.6 Å². The highest BCUT2D eigenvalue weighted by molar-refractivity contribution is 8.26. The van der Waals surface area contributed by atoms with Gasteiger partial charge in [-0.05, 0) is 55.3 Å². The highest BCUT2D eigenvalue weighted by Gasteiger charge is 2.31. The van der Waals surface area contributed by atoms with Crippen molar-refractivity contribution in [1.29, 1.82) is 0 Å². The van der Waals surface area contributed by atoms with Gasteiger partial charge in [0.1, 0.15) is 4.32 Å². The second-order valence-electron chi connectivity index (χ2n) is 7.02. The van der Waals surface area contributed by atoms with Crippen LogP contribution in [0.5, 0.6) is 11.5 Å². The topological polar surface area (TPSA) is 67.9 Å². The number of rotatable bonds is 9. The van der Waals surface area contributed by atoms with Gasteiger partial charge in [-0.25, -0.2) is 0 Å². The van der Waals surface area contributed by atoms with Crippen molar-refractivity contribution in [2.75, 3.05) is 25.1 Å². The number of anilines is 1. The van der Waals surface area contributed by atoms with E-state index in [1.807, 2.05) is 19.9 Å². The van der Waals surface area contributed by atoms with Gasteiger partial charge >= 0.3 is 0 Å². The Morgan fingerprint density at radius 2 is 2.03 bits per heavy atom. The van der Waals surface area contributed by atoms with Gasteiger partial charge in [0.05, 0.1) is 11.5 Å². The molecule has 0 saturated carbocycles. The SMILES string of the molecule is C=CCN1C(=O)/C(=C/c2ccc(OCC(=O)Nc3cc(Cl)ccc3C)c(OCC)c2)SC1=S. The third-order valence-corrected chi connectivity index (χ3v) is 6.20. The Labute approximate surface area is 207 Å². The zero-order chi connectivity index (χ0) is 24.0. The van der Waals surface area contributed by atoms with Crippen LogP contribution in [-0.2, 0) is 9.59 Å². The summed E-state index contributed by atoms with van der Waals surface area (Å²) in [5, 5.41) is 3.33. The van der Waals surface area contributed by atoms with E-state index in [-0.39, 0.29) is 18.4 Å². The number of carbonyl (C=O) groups is 2. The summed E-state index contributed by atoms with van der Waals surface area (Å²) in [6.07, 6.45) is 3.39. The Kier molecular flexibility index (Phi) is 8.55. The summed E-state index contributed by atoms with van der Waals surface area (Å²) in [7, 11) is 0. The number of nitrogens with one attached hydrogen (secondary N) is 1. The first kappa shape index (κ1) is 24.8. The number of nitrogens with zero attached hydrogens (tertiary/aromatic N) is 1. The number of aryl methyl sites for hydroxylation is 1. The number of thioether (sulfide) groups is 1. The molecular formula is C24H23ClN2O4S2. The molecule has 1 N–H and O–H groups in total. The molecule has 9 heteroatoms. The van der Waals surface area contributed by atoms with Gasteiger partial charge in [0.15, 0.2) is 18.1 Å². The number of halogens is 1. The molecule has 0 unspecified atom stereocenters. The van der Waals surface area contributed by atoms with Gasteiger partial charge in [0, 0.05) is 17.3 Å². The van der Waals surface area contributed by atoms with Gasteiger partial charge in [-0.3, -0.25) is 14.5 Å². The van der Waals surface area contributed by atoms with E-state index in [2.05, 4.69) is 11.9 Å². The number of hydrogen-bond donors (Lipinski definition) is 1. The first-order valence-electron chi connectivity index (χ1n) is 10.1. The molecule has 0 radical (unpaired) electrons. The summed E-state index contributed by atoms with van der Waals surface area (Å²) in [6.45, 7) is 7.97. The standard InChI is InChI=1S/C24H23ClN2O4S2/c1-4-10-27-23(29)21(33-24(27)32)12-16-7-9-19(20(11-16)30-5-2)31-14-22(28)26-18-13-17(25)8-6-15(18)3/h4,6-9,11-13H,1,5,10,14H2,2-3H3,(H,26,28)/b21-12-. The Bertz CT molecular complexity index is 1130. The van der Waals surface area contributed by atoms with Crippen LogP contribution in [0.4, 0.5) is 5.69 Å². The van der Waals surface area contributed by atoms with Crippen LogP contribution < -0.4 is 14.8 Å². The molecule has 2 amide bonds. The van der Waals surface area contributed by atoms with Crippen molar-refractivity contribution in [2.45, 2.75) is 13.8 Å². The number of hydrogen-bond acceptors (Lipinski definition) is 6. The molecule has 6 nitrogen and oxygen atoms in total. The van der Waals surface area contributed by atoms with Gasteiger partial charge in [0.25, 0.3) is 11.8 Å². The maximum Gasteiger partial charge on any atom is 0.266 e. The zero-order valence-electron chi connectivity index (χ0n) is 18.2. The fraction of sp³-hybridized carbons (Fsp3) is 0.208. The lowest BCUT2D eigenvalue weighted by atomic mass is 10.2. The Morgan fingerprint density at radius 1 is 1.24 bits per heavy atom. The van der Waals surface area contributed by atoms with Crippen molar-refractivity contribution in [3.05, 3.63) is 70.1 Å². The number of thiocarbonyl (C=S) groups is 1. The molecule has 3 rings (SSSR count). The lowest BCUT2D eigenvalue weighted by Crippen LogP contribution is -2.27. The van der Waals surface area contributed by atoms with Crippen molar-refractivity contribution in [3.8, 4) is 11.5 Å². The minimum absolute atomic E-state index is 0.156. The van der Waals surface area contributed by atoms with Gasteiger partial charge in [-0.1, -0.05) is 53.8 Å². The molecule has 1 aliphatic rings. The van der Waals surface area contributed by atoms with E-state index in [9.17, 15) is 9.59 Å². The van der Waals surface area contributed by atoms with E-state index < -0.39 is 0 Å². The number of amides is 2. The maximum absolute atomic E-state index is 12.6. The fourth-order valence-electron chi connectivity index (χ4n) is 3.00. The van der Waals surface area contributed by atoms with Crippen LogP contribution in [0, 0.1) is 6.92 Å². The van der Waals surface area contributed by atoms with E-state index in [4.69, 9.17) is 33.3 Å². The van der Waals surface area contributed by atoms with E-state index in [0.29, 0.717) is 44.6 Å². The first-order valence-corrected chi connectivity index (χ1v) is 11.7. The number of benzene rings is 2. The van der Waals surface area contributed by atoms with E-state index >= 15 is 0 Å². The fourth-order valence-corrected chi connectivity index (χ4v) is 4.45. The second-order valence-corrected chi connectivity index (χ2v) is 9.13. The molecule has 1 fully saturated rings. The largest absolute Gasteiger partial charge is 0.490 e. The van der Waals surface area contributed by atoms with Crippen molar-refractivity contribution in [3.63, 3.8) is 0 Å². The van der Waals surface area contributed by atoms with Crippen LogP contribution in [0.3, 0.4) is 0 Å². The molecule has 0 aromatic heterocycles. The van der Waals surface area contributed by atoms with E-state index in [1.54, 1.807) is 42.5 Å². The molecule has 2 aromatic rings. The maximum atomic E-state index is 12.6. The summed E-state index contributed by atoms with van der Waals surface area (Å²) in [5.41, 5.74) is 2.28. The molecule has 33 heavy (non-hydrogen) atoms. The van der Waals surface area contributed by atoms with E-state index in [0.717, 1.165) is 11.1 Å². The van der Waals surface area contributed by atoms with Gasteiger partial charge < -0.3 is 14.8 Å². The highest BCUT2D eigenvalue weighted by atomic mass is 35.5. The monoisotopic (exact) mass is 502 g/mol. The molecular weight excluding hydrogens is 480 g/mol. The lowest BCUT2D eigenvalue weighted by molar-refractivity contribution is -0.121. The third kappa shape index (κ3) is 6.37. The summed E-state index contributed by atoms with van der Waals surface area (Å²) in [5.74, 6) is 0.416. The normalized spacial score (nSPS) is 14.5. The van der Waals surface area contributed by atoms with Crippen LogP contribution in [0.1, 0.15) is 18.1 Å². The Morgan fingerprint density at radius 3 is 2.76 bits per heavy atom. The summed E-state index contributed by atoms with van der Waals surface area (Å²) < 4.78 is 11.9. The molecule has 0 aliphatic carbocycles. The summed E-state index contributed by atoms with van der Waals surface area (Å²) >= 11 is 12.5. The molecule has 0 spiro atoms. The molecule has 1 aliphatic heterocycles. The molecule has 0 bridgehead atoms. The molecule has 0 atom stereocenters. The second kappa shape index (κ2) is 11.4. The van der Waals surface area contributed by atoms with Crippen molar-refractivity contribution in [1.82, 2.24) is 4.90 Å². The van der Waals surface area contributed by atoms with Gasteiger partial charge in [-0.2, -0.15) is 0 Å². The Hall–Kier alpha value is -2.81. The van der Waals surface area contributed by atoms with Gasteiger partial charge in [0.2, 0.25) is 0 Å². The van der Waals surface area contributed by atoms with Crippen LogP contribution in [0.15, 0.2) is 54.0 Å². The van der Waals surface area contributed by atoms with Crippen molar-refractivity contribution < 1.29 is 19.1 Å². The molecule has 1 saturated heterocycles. The summed E-state index contributed by atoms with van der Waals surface area (Å²) in [6, 6.07) is 10.5. The molecule has 172 valence electrons. The van der Waals surface area contributed by atoms with E-state index in [1.165, 1.54) is 16.7 Å². The van der Waals surface area contributed by atoms with Crippen molar-refractivity contribution in [2.24, 2.45) is 0 Å². The van der Waals surface area contributed by atoms with Crippen LogP contribution in [0.2, 0.25) is 5.02 Å². The smallest absolute Gasteiger partial charge is 0.266 e. The molecule has 1 heterocycles. The quantitative estimate of drug-likeness (QED) is 0.279. The summed E-state index contributed by atoms with van der Waals surface area (Å²) in [4.78, 5) is 26.9. The Balaban J connectivity index is 1.72. The average Bonchev–Trinajstić information content (AvgIpc) is 3.03. The van der Waals surface area contributed by atoms with Crippen LogP contribution in [0.25, 0.3) is 6.08 Å². The lowest BCUT2D eigenvalue weighted by Gasteiger charge is -2.13. The van der Waals surface area contributed by atoms with Crippen molar-refractivity contribution >= 4 is 63.5 Å². The third-order valence-electron chi connectivity index (χ3n) is 4.58. The minimum Gasteiger partial charge on any atom is -0.490 e. The van der Waals surface area contributed by atoms with Crippen LogP contribution in [-0.4, -0.2) is 40.8 Å².